The minimum Gasteiger partial charge on any atom is -0.481 e. The highest BCUT2D eigenvalue weighted by Gasteiger charge is 2.23. The zero-order chi connectivity index (χ0) is 58.3. The lowest BCUT2D eigenvalue weighted by atomic mass is 10.0. The van der Waals surface area contributed by atoms with Crippen LogP contribution in [0.1, 0.15) is 22.3 Å². The predicted molar refractivity (Wildman–Crippen MR) is 316 cm³/mol. The Bertz CT molecular complexity index is 4020. The summed E-state index contributed by atoms with van der Waals surface area (Å²) in [5.41, 5.74) is 17.4. The first-order valence-electron chi connectivity index (χ1n) is 26.4. The van der Waals surface area contributed by atoms with Crippen molar-refractivity contribution in [3.8, 4) is 56.8 Å². The first kappa shape index (κ1) is 57.1. The van der Waals surface area contributed by atoms with Gasteiger partial charge in [-0.05, 0) is 91.9 Å². The molecule has 0 amide bonds. The molecule has 10 heterocycles. The van der Waals surface area contributed by atoms with Crippen LogP contribution in [0.5, 0.6) is 11.8 Å². The summed E-state index contributed by atoms with van der Waals surface area (Å²) in [6, 6.07) is 22.8. The smallest absolute Gasteiger partial charge is 0.213 e. The zero-order valence-electron chi connectivity index (χ0n) is 46.3. The summed E-state index contributed by atoms with van der Waals surface area (Å²) >= 11 is 6.25. The minimum atomic E-state index is -0.714. The molecule has 424 valence electrons. The van der Waals surface area contributed by atoms with Gasteiger partial charge in [-0.25, -0.2) is 47.5 Å². The van der Waals surface area contributed by atoms with Crippen LogP contribution in [0.15, 0.2) is 122 Å². The van der Waals surface area contributed by atoms with Crippen molar-refractivity contribution in [1.82, 2.24) is 39.9 Å². The van der Waals surface area contributed by atoms with Gasteiger partial charge in [0.25, 0.3) is 0 Å². The fourth-order valence-electron chi connectivity index (χ4n) is 9.67. The van der Waals surface area contributed by atoms with Gasteiger partial charge in [0, 0.05) is 134 Å². The maximum Gasteiger partial charge on any atom is 0.213 e. The molecule has 2 aromatic carbocycles. The van der Waals surface area contributed by atoms with Crippen molar-refractivity contribution in [3.05, 3.63) is 173 Å². The van der Waals surface area contributed by atoms with Gasteiger partial charge < -0.3 is 39.8 Å². The molecule has 8 aromatic heterocycles. The van der Waals surface area contributed by atoms with Gasteiger partial charge in [-0.1, -0.05) is 11.6 Å². The second-order valence-corrected chi connectivity index (χ2v) is 20.0. The molecule has 0 spiro atoms. The third-order valence-corrected chi connectivity index (χ3v) is 14.5. The number of anilines is 5. The van der Waals surface area contributed by atoms with Crippen molar-refractivity contribution >= 4 is 62.1 Å². The van der Waals surface area contributed by atoms with E-state index in [1.807, 2.05) is 81.4 Å². The Morgan fingerprint density at radius 1 is 0.542 bits per heavy atom. The number of nitrogen functional groups attached to an aromatic ring is 1. The van der Waals surface area contributed by atoms with Gasteiger partial charge in [0.05, 0.1) is 102 Å². The molecule has 0 atom stereocenters. The van der Waals surface area contributed by atoms with E-state index in [9.17, 15) is 13.2 Å². The Balaban J connectivity index is 0.000000154. The third-order valence-electron chi connectivity index (χ3n) is 14.0. The third kappa shape index (κ3) is 12.8. The number of rotatable bonds is 10. The molecule has 21 heteroatoms. The Hall–Kier alpha value is -9.11. The van der Waals surface area contributed by atoms with Crippen LogP contribution in [-0.4, -0.2) is 107 Å². The number of aromatic nitrogens is 8. The van der Waals surface area contributed by atoms with E-state index in [4.69, 9.17) is 41.3 Å². The summed E-state index contributed by atoms with van der Waals surface area (Å²) in [4.78, 5) is 39.7. The van der Waals surface area contributed by atoms with E-state index in [0.29, 0.717) is 89.0 Å². The fourth-order valence-corrected chi connectivity index (χ4v) is 9.95. The summed E-state index contributed by atoms with van der Waals surface area (Å²) in [7, 11) is 3.15. The molecule has 2 saturated heterocycles. The summed E-state index contributed by atoms with van der Waals surface area (Å²) < 4.78 is 78.6. The van der Waals surface area contributed by atoms with Gasteiger partial charge in [0.2, 0.25) is 11.8 Å². The van der Waals surface area contributed by atoms with Crippen molar-refractivity contribution in [1.29, 1.82) is 0 Å². The molecule has 0 aliphatic carbocycles. The molecule has 0 saturated carbocycles. The van der Waals surface area contributed by atoms with E-state index < -0.39 is 23.3 Å². The van der Waals surface area contributed by atoms with Gasteiger partial charge >= 0.3 is 0 Å². The summed E-state index contributed by atoms with van der Waals surface area (Å²) in [5.74, 6) is -0.163. The lowest BCUT2D eigenvalue weighted by molar-refractivity contribution is 0.122. The minimum absolute atomic E-state index is 0.131. The van der Waals surface area contributed by atoms with Crippen molar-refractivity contribution < 1.29 is 36.5 Å². The van der Waals surface area contributed by atoms with Crippen LogP contribution in [0.4, 0.5) is 46.3 Å². The summed E-state index contributed by atoms with van der Waals surface area (Å²) in [6.07, 6.45) is 10.3. The topological polar surface area (TPSA) is 185 Å². The van der Waals surface area contributed by atoms with Crippen LogP contribution in [0.3, 0.4) is 0 Å². The van der Waals surface area contributed by atoms with Crippen molar-refractivity contribution in [2.75, 3.05) is 87.7 Å². The molecular formula is C62H57ClF4N12O4. The highest BCUT2D eigenvalue weighted by Crippen LogP contribution is 2.41. The lowest BCUT2D eigenvalue weighted by Gasteiger charge is -2.28. The SMILES string of the molecule is COc1cc(-c2cnc(N3CCOCC3)cc2N)ccn1.COc1cc(-c2cnc(N3CCOCC3)cc2Nc2c(C)c(-c3cc(C)ccn3)nc3cc(F)cc(F)c23)ccn1.Cc1ccnc(-c2nc3cc(F)cc(F)c3c(Cl)c2C)c1. The molecule has 2 aliphatic rings. The Morgan fingerprint density at radius 3 is 1.53 bits per heavy atom. The van der Waals surface area contributed by atoms with Crippen LogP contribution in [0.2, 0.25) is 5.02 Å². The first-order chi connectivity index (χ1) is 40.2. The number of aryl methyl sites for hydroxylation is 2. The quantitative estimate of drug-likeness (QED) is 0.123. The number of nitrogens with two attached hydrogens (primary N) is 1. The molecule has 0 bridgehead atoms. The van der Waals surface area contributed by atoms with Crippen LogP contribution >= 0.6 is 11.6 Å². The van der Waals surface area contributed by atoms with E-state index in [2.05, 4.69) is 50.0 Å². The number of hydrogen-bond acceptors (Lipinski definition) is 16. The summed E-state index contributed by atoms with van der Waals surface area (Å²) in [6.45, 7) is 13.2. The number of benzene rings is 2. The standard InChI is InChI=1S/C31H28F2N6O2.C16H11ClF2N2.C15H18N4O2/c1-18-4-6-34-26(12-18)30-19(2)31(29-23(33)14-21(32)15-25(29)38-30)37-24-16-27(39-8-10-41-11-9-39)36-17-22(24)20-5-7-35-28(13-20)40-3;1-8-3-4-20-13(5-8)16-9(2)15(17)14-11(19)6-10(18)7-12(14)21-16;1-20-15-8-11(2-3-17-15)12-10-18-14(9-13(12)16)19-4-6-21-7-5-19/h4-7,12-17H,8-11H2,1-3H3,(H,36,37,38);3-7H,1-2H3;2-3,8-10H,4-7H2,1H3,(H2,16,18). The van der Waals surface area contributed by atoms with E-state index in [-0.39, 0.29) is 26.8 Å². The van der Waals surface area contributed by atoms with Crippen molar-refractivity contribution in [2.45, 2.75) is 27.7 Å². The average Bonchev–Trinajstić information content (AvgIpc) is 3.69. The highest BCUT2D eigenvalue weighted by molar-refractivity contribution is 6.36. The second kappa shape index (κ2) is 25.4. The average molecular weight is 1150 g/mol. The zero-order valence-corrected chi connectivity index (χ0v) is 47.0. The molecular weight excluding hydrogens is 1090 g/mol. The number of ether oxygens (including phenoxy) is 4. The first-order valence-corrected chi connectivity index (χ1v) is 26.8. The van der Waals surface area contributed by atoms with Gasteiger partial charge in [-0.3, -0.25) is 9.97 Å². The number of pyridine rings is 8. The van der Waals surface area contributed by atoms with Crippen LogP contribution in [0, 0.1) is 51.0 Å². The van der Waals surface area contributed by atoms with Crippen LogP contribution in [-0.2, 0) is 9.47 Å². The molecule has 83 heavy (non-hydrogen) atoms. The second-order valence-electron chi connectivity index (χ2n) is 19.6. The molecule has 10 aromatic rings. The molecule has 0 unspecified atom stereocenters. The normalized spacial score (nSPS) is 13.2. The molecule has 16 nitrogen and oxygen atoms in total. The summed E-state index contributed by atoms with van der Waals surface area (Å²) in [5, 5.41) is 4.04. The lowest BCUT2D eigenvalue weighted by Crippen LogP contribution is -2.36. The fraction of sp³-hybridized carbons (Fsp3) is 0.226. The Kier molecular flexibility index (Phi) is 17.5. The maximum atomic E-state index is 15.5. The maximum absolute atomic E-state index is 15.5. The van der Waals surface area contributed by atoms with Crippen LogP contribution in [0.25, 0.3) is 66.8 Å². The number of halogens is 5. The largest absolute Gasteiger partial charge is 0.481 e. The van der Waals surface area contributed by atoms with Crippen molar-refractivity contribution in [3.63, 3.8) is 0 Å². The molecule has 2 aliphatic heterocycles. The van der Waals surface area contributed by atoms with Gasteiger partial charge in [0.15, 0.2) is 0 Å². The molecule has 3 N–H and O–H groups in total. The number of fused-ring (bicyclic) bond motifs is 2. The number of hydrogen-bond donors (Lipinski definition) is 2. The van der Waals surface area contributed by atoms with E-state index >= 15 is 4.39 Å². The number of methoxy groups -OCH3 is 2. The monoisotopic (exact) mass is 1140 g/mol. The van der Waals surface area contributed by atoms with Crippen LogP contribution < -0.4 is 30.3 Å². The Morgan fingerprint density at radius 2 is 1.01 bits per heavy atom. The molecule has 2 fully saturated rings. The van der Waals surface area contributed by atoms with E-state index in [1.54, 1.807) is 58.3 Å². The number of nitrogens with one attached hydrogen (secondary N) is 1. The number of nitrogens with zero attached hydrogens (tertiary/aromatic N) is 10. The highest BCUT2D eigenvalue weighted by atomic mass is 35.5. The van der Waals surface area contributed by atoms with E-state index in [1.165, 1.54) is 12.1 Å². The Labute approximate surface area is 481 Å². The predicted octanol–water partition coefficient (Wildman–Crippen LogP) is 12.7. The van der Waals surface area contributed by atoms with Gasteiger partial charge in [-0.15, -0.1) is 0 Å². The van der Waals surface area contributed by atoms with Gasteiger partial charge in [0.1, 0.15) is 34.9 Å². The van der Waals surface area contributed by atoms with Crippen molar-refractivity contribution in [2.24, 2.45) is 0 Å². The molecule has 12 rings (SSSR count). The number of morpholine rings is 2. The van der Waals surface area contributed by atoms with Gasteiger partial charge in [-0.2, -0.15) is 0 Å². The van der Waals surface area contributed by atoms with E-state index in [0.717, 1.165) is 83.5 Å². The molecule has 0 radical (unpaired) electrons.